The van der Waals surface area contributed by atoms with E-state index in [1.807, 2.05) is 0 Å². The second kappa shape index (κ2) is 7.08. The fourth-order valence-corrected chi connectivity index (χ4v) is 1.45. The summed E-state index contributed by atoms with van der Waals surface area (Å²) in [7, 11) is 0. The zero-order valence-electron chi connectivity index (χ0n) is 11.3. The van der Waals surface area contributed by atoms with Crippen LogP contribution in [0.5, 0.6) is 0 Å². The minimum absolute atomic E-state index is 0.121. The van der Waals surface area contributed by atoms with Gasteiger partial charge in [0.05, 0.1) is 6.61 Å². The molecule has 0 bridgehead atoms. The smallest absolute Gasteiger partial charge is 0.345 e. The third-order valence-corrected chi connectivity index (χ3v) is 2.34. The zero-order chi connectivity index (χ0) is 15.1. The number of aliphatic imine (C=N–C) groups is 1. The van der Waals surface area contributed by atoms with Gasteiger partial charge in [0.1, 0.15) is 17.2 Å². The van der Waals surface area contributed by atoms with Crippen LogP contribution in [-0.2, 0) is 9.53 Å². The van der Waals surface area contributed by atoms with Crippen LogP contribution in [0.3, 0.4) is 0 Å². The van der Waals surface area contributed by atoms with Crippen LogP contribution in [0.4, 0.5) is 0 Å². The highest BCUT2D eigenvalue weighted by atomic mass is 16.5. The van der Waals surface area contributed by atoms with Gasteiger partial charge in [-0.05, 0) is 26.0 Å². The molecule has 6 heteroatoms. The van der Waals surface area contributed by atoms with Gasteiger partial charge in [0.15, 0.2) is 0 Å². The molecule has 0 spiro atoms. The van der Waals surface area contributed by atoms with Crippen LogP contribution >= 0.6 is 0 Å². The number of carbonyl (C=O) groups excluding carboxylic acids is 2. The molecule has 0 aliphatic carbocycles. The first-order valence-electron chi connectivity index (χ1n) is 5.98. The van der Waals surface area contributed by atoms with Crippen LogP contribution in [0, 0.1) is 0 Å². The predicted molar refractivity (Wildman–Crippen MR) is 74.4 cm³/mol. The maximum absolute atomic E-state index is 11.8. The highest BCUT2D eigenvalue weighted by Gasteiger charge is 2.20. The molecule has 0 aliphatic rings. The molecule has 6 nitrogen and oxygen atoms in total. The number of aliphatic hydroxyl groups excluding tert-OH is 1. The van der Waals surface area contributed by atoms with Crippen molar-refractivity contribution in [2.75, 3.05) is 6.61 Å². The molecule has 0 fully saturated rings. The Kier molecular flexibility index (Phi) is 5.46. The molecule has 0 saturated heterocycles. The maximum atomic E-state index is 11.8. The molecule has 3 N–H and O–H groups in total. The van der Waals surface area contributed by atoms with E-state index in [1.54, 1.807) is 37.3 Å². The summed E-state index contributed by atoms with van der Waals surface area (Å²) in [6.07, 6.45) is 0. The molecule has 1 amide bonds. The van der Waals surface area contributed by atoms with Crippen LogP contribution in [0.15, 0.2) is 46.7 Å². The number of nitrogens with two attached hydrogens (primary N) is 1. The molecule has 1 aromatic carbocycles. The first kappa shape index (κ1) is 15.4. The second-order valence-corrected chi connectivity index (χ2v) is 3.85. The van der Waals surface area contributed by atoms with Crippen LogP contribution in [0.2, 0.25) is 0 Å². The Hall–Kier alpha value is -2.63. The summed E-state index contributed by atoms with van der Waals surface area (Å²) >= 11 is 0. The Morgan fingerprint density at radius 3 is 2.40 bits per heavy atom. The number of allylic oxidation sites excluding steroid dienone is 1. The van der Waals surface area contributed by atoms with Gasteiger partial charge in [0.25, 0.3) is 5.91 Å². The molecule has 0 heterocycles. The Morgan fingerprint density at radius 1 is 1.30 bits per heavy atom. The molecule has 0 aromatic heterocycles. The molecule has 0 saturated carbocycles. The summed E-state index contributed by atoms with van der Waals surface area (Å²) < 4.78 is 4.74. The molecule has 1 rings (SSSR count). The fraction of sp³-hybridized carbons (Fsp3) is 0.214. The molecule has 0 atom stereocenters. The lowest BCUT2D eigenvalue weighted by molar-refractivity contribution is -0.138. The minimum Gasteiger partial charge on any atom is -0.512 e. The summed E-state index contributed by atoms with van der Waals surface area (Å²) in [5.74, 6) is -2.16. The van der Waals surface area contributed by atoms with Gasteiger partial charge in [-0.3, -0.25) is 4.79 Å². The number of rotatable bonds is 4. The van der Waals surface area contributed by atoms with Crippen molar-refractivity contribution < 1.29 is 19.4 Å². The summed E-state index contributed by atoms with van der Waals surface area (Å²) in [5, 5.41) is 9.47. The van der Waals surface area contributed by atoms with Crippen molar-refractivity contribution in [1.29, 1.82) is 0 Å². The third-order valence-electron chi connectivity index (χ3n) is 2.34. The first-order chi connectivity index (χ1) is 9.47. The monoisotopic (exact) mass is 276 g/mol. The number of nitrogens with zero attached hydrogens (tertiary/aromatic N) is 1. The lowest BCUT2D eigenvalue weighted by atomic mass is 10.2. The molecule has 106 valence electrons. The Balaban J connectivity index is 3.05. The van der Waals surface area contributed by atoms with E-state index in [1.165, 1.54) is 6.92 Å². The summed E-state index contributed by atoms with van der Waals surface area (Å²) in [6.45, 7) is 3.00. The van der Waals surface area contributed by atoms with Crippen molar-refractivity contribution >= 4 is 17.7 Å². The van der Waals surface area contributed by atoms with Gasteiger partial charge < -0.3 is 15.6 Å². The minimum atomic E-state index is -0.824. The van der Waals surface area contributed by atoms with Crippen molar-refractivity contribution in [2.45, 2.75) is 13.8 Å². The number of ether oxygens (including phenoxy) is 1. The van der Waals surface area contributed by atoms with E-state index in [0.717, 1.165) is 0 Å². The van der Waals surface area contributed by atoms with E-state index in [-0.39, 0.29) is 23.8 Å². The highest BCUT2D eigenvalue weighted by molar-refractivity contribution is 6.21. The van der Waals surface area contributed by atoms with Crippen LogP contribution < -0.4 is 5.73 Å². The number of carbonyl (C=O) groups is 2. The number of benzene rings is 1. The van der Waals surface area contributed by atoms with Gasteiger partial charge in [-0.1, -0.05) is 18.2 Å². The van der Waals surface area contributed by atoms with Crippen LogP contribution in [0.1, 0.15) is 24.2 Å². The van der Waals surface area contributed by atoms with E-state index in [9.17, 15) is 14.7 Å². The van der Waals surface area contributed by atoms with E-state index >= 15 is 0 Å². The largest absolute Gasteiger partial charge is 0.512 e. The topological polar surface area (TPSA) is 102 Å². The summed E-state index contributed by atoms with van der Waals surface area (Å²) in [5.41, 5.74) is 5.62. The Bertz CT molecular complexity index is 558. The van der Waals surface area contributed by atoms with E-state index < -0.39 is 11.9 Å². The Labute approximate surface area is 116 Å². The van der Waals surface area contributed by atoms with Crippen LogP contribution in [-0.4, -0.2) is 29.4 Å². The summed E-state index contributed by atoms with van der Waals surface area (Å²) in [4.78, 5) is 27.1. The van der Waals surface area contributed by atoms with E-state index in [4.69, 9.17) is 10.5 Å². The maximum Gasteiger partial charge on any atom is 0.345 e. The average Bonchev–Trinajstić information content (AvgIpc) is 2.39. The zero-order valence-corrected chi connectivity index (χ0v) is 11.3. The number of amidine groups is 1. The number of aliphatic hydroxyl groups is 1. The van der Waals surface area contributed by atoms with Gasteiger partial charge >= 0.3 is 5.97 Å². The van der Waals surface area contributed by atoms with Gasteiger partial charge in [0.2, 0.25) is 0 Å². The lowest BCUT2D eigenvalue weighted by Gasteiger charge is -2.07. The number of hydrogen-bond acceptors (Lipinski definition) is 4. The lowest BCUT2D eigenvalue weighted by Crippen LogP contribution is -2.25. The average molecular weight is 276 g/mol. The number of esters is 1. The molecule has 0 aliphatic heterocycles. The standard InChI is InChI=1S/C14H16N2O4/c1-3-20-14(19)11(9(2)17)12(15)16-13(18)10-7-5-4-6-8-10/h4-8,17H,3H2,1-2H3,(H2,15,16,18)/b11-9-. The van der Waals surface area contributed by atoms with Crippen molar-refractivity contribution in [1.82, 2.24) is 0 Å². The SMILES string of the molecule is CCOC(=O)/C(C(N)=NC(=O)c1ccccc1)=C(/C)O. The number of amides is 1. The molecule has 1 aromatic rings. The van der Waals surface area contributed by atoms with Crippen molar-refractivity contribution in [3.8, 4) is 0 Å². The number of hydrogen-bond donors (Lipinski definition) is 2. The van der Waals surface area contributed by atoms with Gasteiger partial charge in [-0.2, -0.15) is 4.99 Å². The predicted octanol–water partition coefficient (Wildman–Crippen LogP) is 1.58. The van der Waals surface area contributed by atoms with Crippen LogP contribution in [0.25, 0.3) is 0 Å². The molecule has 0 unspecified atom stereocenters. The van der Waals surface area contributed by atoms with Gasteiger partial charge in [-0.15, -0.1) is 0 Å². The third kappa shape index (κ3) is 3.94. The van der Waals surface area contributed by atoms with Gasteiger partial charge in [-0.25, -0.2) is 4.79 Å². The summed E-state index contributed by atoms with van der Waals surface area (Å²) in [6, 6.07) is 8.25. The molecule has 20 heavy (non-hydrogen) atoms. The van der Waals surface area contributed by atoms with Crippen molar-refractivity contribution in [3.05, 3.63) is 47.2 Å². The molecular formula is C14H16N2O4. The molecule has 0 radical (unpaired) electrons. The fourth-order valence-electron chi connectivity index (χ4n) is 1.45. The van der Waals surface area contributed by atoms with Crippen molar-refractivity contribution in [2.24, 2.45) is 10.7 Å². The van der Waals surface area contributed by atoms with Crippen molar-refractivity contribution in [3.63, 3.8) is 0 Å². The molecular weight excluding hydrogens is 260 g/mol. The van der Waals surface area contributed by atoms with E-state index in [0.29, 0.717) is 5.56 Å². The Morgan fingerprint density at radius 2 is 1.90 bits per heavy atom. The first-order valence-corrected chi connectivity index (χ1v) is 5.98. The quantitative estimate of drug-likeness (QED) is 0.286. The highest BCUT2D eigenvalue weighted by Crippen LogP contribution is 2.07. The normalized spacial score (nSPS) is 12.6. The van der Waals surface area contributed by atoms with E-state index in [2.05, 4.69) is 4.99 Å². The second-order valence-electron chi connectivity index (χ2n) is 3.85. The van der Waals surface area contributed by atoms with Gasteiger partial charge in [0, 0.05) is 5.56 Å².